The number of rotatable bonds is 2. The number of hydrogen-bond donors (Lipinski definition) is 2. The molecule has 0 aromatic heterocycles. The summed E-state index contributed by atoms with van der Waals surface area (Å²) >= 11 is 4.48. The van der Waals surface area contributed by atoms with Crippen LogP contribution in [0.1, 0.15) is 39.5 Å². The van der Waals surface area contributed by atoms with E-state index in [-0.39, 0.29) is 0 Å². The lowest BCUT2D eigenvalue weighted by atomic mass is 9.88. The van der Waals surface area contributed by atoms with Gasteiger partial charge in [0, 0.05) is 6.04 Å². The third kappa shape index (κ3) is 2.48. The topological polar surface area (TPSA) is 12.0 Å². The first kappa shape index (κ1) is 11.3. The van der Waals surface area contributed by atoms with E-state index in [9.17, 15) is 0 Å². The second-order valence-corrected chi connectivity index (χ2v) is 5.42. The zero-order valence-electron chi connectivity index (χ0n) is 9.71. The summed E-state index contributed by atoms with van der Waals surface area (Å²) in [7, 11) is 0. The van der Waals surface area contributed by atoms with Crippen molar-refractivity contribution in [3.8, 4) is 0 Å². The highest BCUT2D eigenvalue weighted by atomic mass is 32.1. The van der Waals surface area contributed by atoms with E-state index in [1.54, 1.807) is 5.57 Å². The molecule has 1 aliphatic heterocycles. The number of thiol groups is 1. The molecule has 1 heterocycles. The van der Waals surface area contributed by atoms with Crippen LogP contribution in [0.15, 0.2) is 22.1 Å². The summed E-state index contributed by atoms with van der Waals surface area (Å²) in [6.45, 7) is 5.76. The monoisotopic (exact) mass is 223 g/mol. The Morgan fingerprint density at radius 1 is 1.47 bits per heavy atom. The molecule has 2 aliphatic rings. The van der Waals surface area contributed by atoms with Gasteiger partial charge in [0.1, 0.15) is 0 Å². The van der Waals surface area contributed by atoms with Crippen molar-refractivity contribution in [2.45, 2.75) is 45.6 Å². The lowest BCUT2D eigenvalue weighted by Crippen LogP contribution is -2.25. The molecule has 1 aliphatic carbocycles. The minimum atomic E-state index is 0.646. The van der Waals surface area contributed by atoms with Gasteiger partial charge in [0.15, 0.2) is 0 Å². The largest absolute Gasteiger partial charge is 0.310 e. The van der Waals surface area contributed by atoms with Gasteiger partial charge in [-0.25, -0.2) is 0 Å². The Kier molecular flexibility index (Phi) is 3.57. The van der Waals surface area contributed by atoms with Crippen molar-refractivity contribution in [3.63, 3.8) is 0 Å². The summed E-state index contributed by atoms with van der Waals surface area (Å²) in [6, 6.07) is 0.646. The molecule has 0 bridgehead atoms. The van der Waals surface area contributed by atoms with Crippen molar-refractivity contribution in [2.75, 3.05) is 6.54 Å². The van der Waals surface area contributed by atoms with Crippen LogP contribution in [-0.2, 0) is 0 Å². The predicted molar refractivity (Wildman–Crippen MR) is 69.2 cm³/mol. The molecule has 1 fully saturated rings. The summed E-state index contributed by atoms with van der Waals surface area (Å²) in [6.07, 6.45) is 7.09. The highest BCUT2D eigenvalue weighted by molar-refractivity contribution is 7.84. The molecule has 2 unspecified atom stereocenters. The Balaban J connectivity index is 2.18. The number of hydrogen-bond acceptors (Lipinski definition) is 2. The molecular weight excluding hydrogens is 202 g/mol. The third-order valence-electron chi connectivity index (χ3n) is 3.56. The Bertz CT molecular complexity index is 304. The van der Waals surface area contributed by atoms with Gasteiger partial charge in [0.05, 0.1) is 0 Å². The van der Waals surface area contributed by atoms with E-state index in [2.05, 4.69) is 37.9 Å². The van der Waals surface area contributed by atoms with E-state index in [4.69, 9.17) is 0 Å². The van der Waals surface area contributed by atoms with Crippen LogP contribution >= 0.6 is 12.6 Å². The molecule has 2 rings (SSSR count). The van der Waals surface area contributed by atoms with Gasteiger partial charge >= 0.3 is 0 Å². The van der Waals surface area contributed by atoms with E-state index in [1.165, 1.54) is 29.9 Å². The Labute approximate surface area is 98.4 Å². The molecule has 2 heteroatoms. The van der Waals surface area contributed by atoms with Crippen LogP contribution in [0.2, 0.25) is 0 Å². The summed E-state index contributed by atoms with van der Waals surface area (Å²) < 4.78 is 0. The minimum Gasteiger partial charge on any atom is -0.310 e. The highest BCUT2D eigenvalue weighted by Gasteiger charge is 2.26. The summed E-state index contributed by atoms with van der Waals surface area (Å²) in [5.41, 5.74) is 3.18. The molecule has 1 saturated heterocycles. The van der Waals surface area contributed by atoms with Gasteiger partial charge in [-0.15, -0.1) is 12.6 Å². The summed E-state index contributed by atoms with van der Waals surface area (Å²) in [5.74, 6) is 0.835. The van der Waals surface area contributed by atoms with Crippen molar-refractivity contribution in [3.05, 3.63) is 22.1 Å². The van der Waals surface area contributed by atoms with Crippen molar-refractivity contribution in [1.82, 2.24) is 5.32 Å². The maximum absolute atomic E-state index is 4.48. The second-order valence-electron chi connectivity index (χ2n) is 4.84. The average Bonchev–Trinajstić information content (AvgIpc) is 2.64. The zero-order valence-corrected chi connectivity index (χ0v) is 10.6. The summed E-state index contributed by atoms with van der Waals surface area (Å²) in [4.78, 5) is 1.25. The Morgan fingerprint density at radius 3 is 2.87 bits per heavy atom. The predicted octanol–water partition coefficient (Wildman–Crippen LogP) is 3.30. The van der Waals surface area contributed by atoms with E-state index < -0.39 is 0 Å². The molecule has 2 atom stereocenters. The number of allylic oxidation sites excluding steroid dienone is 3. The van der Waals surface area contributed by atoms with Crippen LogP contribution in [0.25, 0.3) is 0 Å². The van der Waals surface area contributed by atoms with Crippen LogP contribution in [0, 0.1) is 5.92 Å². The number of nitrogens with one attached hydrogen (secondary N) is 1. The van der Waals surface area contributed by atoms with Gasteiger partial charge in [-0.2, -0.15) is 0 Å². The molecule has 0 amide bonds. The molecule has 0 radical (unpaired) electrons. The van der Waals surface area contributed by atoms with Crippen LogP contribution in [0.5, 0.6) is 0 Å². The lowest BCUT2D eigenvalue weighted by molar-refractivity contribution is 0.614. The molecule has 0 aromatic rings. The Hall–Kier alpha value is -0.210. The first-order valence-corrected chi connectivity index (χ1v) is 6.50. The average molecular weight is 223 g/mol. The quantitative estimate of drug-likeness (QED) is 0.685. The molecule has 0 spiro atoms. The van der Waals surface area contributed by atoms with E-state index >= 15 is 0 Å². The van der Waals surface area contributed by atoms with Crippen molar-refractivity contribution >= 4 is 12.6 Å². The molecule has 84 valence electrons. The molecule has 1 nitrogen and oxygen atoms in total. The summed E-state index contributed by atoms with van der Waals surface area (Å²) in [5, 5.41) is 3.64. The fraction of sp³-hybridized carbons (Fsp3) is 0.692. The Morgan fingerprint density at radius 2 is 2.27 bits per heavy atom. The van der Waals surface area contributed by atoms with Gasteiger partial charge in [-0.3, -0.25) is 0 Å². The SMILES string of the molecule is CCC1=C(C2CC(C)CN2)CCC(S)=C1. The minimum absolute atomic E-state index is 0.646. The molecule has 0 saturated carbocycles. The van der Waals surface area contributed by atoms with Crippen molar-refractivity contribution in [1.29, 1.82) is 0 Å². The van der Waals surface area contributed by atoms with Gasteiger partial charge in [-0.1, -0.05) is 13.8 Å². The van der Waals surface area contributed by atoms with Crippen LogP contribution in [0.4, 0.5) is 0 Å². The molecule has 1 N–H and O–H groups in total. The van der Waals surface area contributed by atoms with Crippen LogP contribution in [0.3, 0.4) is 0 Å². The smallest absolute Gasteiger partial charge is 0.0288 e. The first-order chi connectivity index (χ1) is 7.20. The van der Waals surface area contributed by atoms with E-state index in [1.807, 2.05) is 0 Å². The van der Waals surface area contributed by atoms with Crippen molar-refractivity contribution in [2.24, 2.45) is 5.92 Å². The molecule has 0 aromatic carbocycles. The normalized spacial score (nSPS) is 32.1. The van der Waals surface area contributed by atoms with Gasteiger partial charge in [0.2, 0.25) is 0 Å². The fourth-order valence-corrected chi connectivity index (χ4v) is 2.96. The molecule has 15 heavy (non-hydrogen) atoms. The standard InChI is InChI=1S/C13H21NS/c1-3-10-7-11(15)4-5-12(10)13-6-9(2)8-14-13/h7,9,13-15H,3-6,8H2,1-2H3. The van der Waals surface area contributed by atoms with E-state index in [0.717, 1.165) is 18.8 Å². The molecular formula is C13H21NS. The van der Waals surface area contributed by atoms with Gasteiger partial charge in [0.25, 0.3) is 0 Å². The highest BCUT2D eigenvalue weighted by Crippen LogP contribution is 2.33. The fourth-order valence-electron chi connectivity index (χ4n) is 2.69. The second kappa shape index (κ2) is 4.75. The van der Waals surface area contributed by atoms with Crippen LogP contribution < -0.4 is 5.32 Å². The van der Waals surface area contributed by atoms with Crippen molar-refractivity contribution < 1.29 is 0 Å². The zero-order chi connectivity index (χ0) is 10.8. The van der Waals surface area contributed by atoms with E-state index in [0.29, 0.717) is 6.04 Å². The maximum atomic E-state index is 4.48. The van der Waals surface area contributed by atoms with Gasteiger partial charge in [-0.05, 0) is 60.3 Å². The third-order valence-corrected chi connectivity index (χ3v) is 3.91. The maximum Gasteiger partial charge on any atom is 0.0288 e. The first-order valence-electron chi connectivity index (χ1n) is 6.05. The van der Waals surface area contributed by atoms with Crippen LogP contribution in [-0.4, -0.2) is 12.6 Å². The van der Waals surface area contributed by atoms with Gasteiger partial charge < -0.3 is 5.32 Å². The lowest BCUT2D eigenvalue weighted by Gasteiger charge is -2.23.